The molecule has 0 atom stereocenters. The summed E-state index contributed by atoms with van der Waals surface area (Å²) < 4.78 is 33.3. The number of imidazole rings is 1. The van der Waals surface area contributed by atoms with Crippen LogP contribution in [-0.2, 0) is 10.0 Å². The molecule has 1 amide bonds. The van der Waals surface area contributed by atoms with Gasteiger partial charge in [-0.25, -0.2) is 13.4 Å². The lowest BCUT2D eigenvalue weighted by molar-refractivity contribution is 0.0948. The SMILES string of the molecule is Cc1ccc(S(=O)(=O)Nc2ccc(OCCNC(=O)c3ccc(O)c4[nH]c(-c5cccs5)nc34)cc2)cc1. The van der Waals surface area contributed by atoms with Crippen LogP contribution in [0.25, 0.3) is 21.7 Å². The standard InChI is InChI=1S/C27H24N4O5S2/c1-17-4-10-20(11-5-17)38(34,35)31-18-6-8-19(9-7-18)36-15-14-28-27(33)21-12-13-22(32)25-24(21)29-26(30-25)23-3-2-16-37-23/h2-13,16,31-32H,14-15H2,1H3,(H,28,33)(H,29,30). The van der Waals surface area contributed by atoms with E-state index in [0.29, 0.717) is 33.9 Å². The van der Waals surface area contributed by atoms with E-state index in [-0.39, 0.29) is 29.7 Å². The number of aromatic nitrogens is 2. The first-order valence-corrected chi connectivity index (χ1v) is 14.0. The highest BCUT2D eigenvalue weighted by molar-refractivity contribution is 7.92. The van der Waals surface area contributed by atoms with Gasteiger partial charge < -0.3 is 20.1 Å². The Morgan fingerprint density at radius 3 is 2.53 bits per heavy atom. The van der Waals surface area contributed by atoms with Gasteiger partial charge in [0.05, 0.1) is 21.9 Å². The van der Waals surface area contributed by atoms with E-state index in [9.17, 15) is 18.3 Å². The van der Waals surface area contributed by atoms with Gasteiger partial charge >= 0.3 is 0 Å². The lowest BCUT2D eigenvalue weighted by Gasteiger charge is -2.11. The van der Waals surface area contributed by atoms with Crippen molar-refractivity contribution in [3.05, 3.63) is 89.3 Å². The van der Waals surface area contributed by atoms with Gasteiger partial charge in [-0.05, 0) is 66.9 Å². The number of hydrogen-bond acceptors (Lipinski definition) is 7. The number of nitrogens with one attached hydrogen (secondary N) is 3. The first-order chi connectivity index (χ1) is 18.3. The maximum Gasteiger partial charge on any atom is 0.261 e. The zero-order valence-corrected chi connectivity index (χ0v) is 21.9. The fraction of sp³-hybridized carbons (Fsp3) is 0.111. The van der Waals surface area contributed by atoms with Crippen LogP contribution in [0.2, 0.25) is 0 Å². The summed E-state index contributed by atoms with van der Waals surface area (Å²) in [6.07, 6.45) is 0. The van der Waals surface area contributed by atoms with Gasteiger partial charge in [0.2, 0.25) is 0 Å². The van der Waals surface area contributed by atoms with Crippen molar-refractivity contribution in [1.82, 2.24) is 15.3 Å². The summed E-state index contributed by atoms with van der Waals surface area (Å²) in [4.78, 5) is 21.5. The Hall–Kier alpha value is -4.35. The third kappa shape index (κ3) is 5.48. The lowest BCUT2D eigenvalue weighted by Crippen LogP contribution is -2.28. The fourth-order valence-electron chi connectivity index (χ4n) is 3.77. The van der Waals surface area contributed by atoms with Gasteiger partial charge in [0, 0.05) is 5.69 Å². The number of aryl methyl sites for hydroxylation is 1. The van der Waals surface area contributed by atoms with Crippen molar-refractivity contribution in [1.29, 1.82) is 0 Å². The number of hydrogen-bond donors (Lipinski definition) is 4. The summed E-state index contributed by atoms with van der Waals surface area (Å²) in [6, 6.07) is 19.9. The molecular formula is C27H24N4O5S2. The molecule has 3 aromatic carbocycles. The largest absolute Gasteiger partial charge is 0.506 e. The molecule has 11 heteroatoms. The molecule has 0 spiro atoms. The van der Waals surface area contributed by atoms with E-state index in [4.69, 9.17) is 4.74 Å². The number of ether oxygens (including phenoxy) is 1. The number of aromatic amines is 1. The average Bonchev–Trinajstić information content (AvgIpc) is 3.59. The van der Waals surface area contributed by atoms with Crippen LogP contribution in [0.3, 0.4) is 0 Å². The molecule has 0 fully saturated rings. The Labute approximate surface area is 223 Å². The fourth-order valence-corrected chi connectivity index (χ4v) is 5.50. The molecule has 38 heavy (non-hydrogen) atoms. The molecule has 0 unspecified atom stereocenters. The average molecular weight is 549 g/mol. The van der Waals surface area contributed by atoms with Crippen LogP contribution in [0.4, 0.5) is 5.69 Å². The molecular weight excluding hydrogens is 524 g/mol. The molecule has 5 aromatic rings. The van der Waals surface area contributed by atoms with Crippen molar-refractivity contribution in [2.75, 3.05) is 17.9 Å². The van der Waals surface area contributed by atoms with Gasteiger partial charge in [0.15, 0.2) is 0 Å². The number of phenols is 1. The molecule has 2 aromatic heterocycles. The molecule has 0 bridgehead atoms. The summed E-state index contributed by atoms with van der Waals surface area (Å²) >= 11 is 1.50. The van der Waals surface area contributed by atoms with E-state index < -0.39 is 10.0 Å². The summed E-state index contributed by atoms with van der Waals surface area (Å²) in [5.74, 6) is 0.777. The van der Waals surface area contributed by atoms with E-state index in [1.165, 1.54) is 23.5 Å². The highest BCUT2D eigenvalue weighted by Gasteiger charge is 2.18. The van der Waals surface area contributed by atoms with Crippen molar-refractivity contribution < 1.29 is 23.1 Å². The molecule has 0 saturated heterocycles. The third-order valence-corrected chi connectivity index (χ3v) is 7.99. The van der Waals surface area contributed by atoms with E-state index in [1.54, 1.807) is 48.5 Å². The highest BCUT2D eigenvalue weighted by atomic mass is 32.2. The van der Waals surface area contributed by atoms with E-state index in [1.807, 2.05) is 24.4 Å². The van der Waals surface area contributed by atoms with Gasteiger partial charge in [-0.2, -0.15) is 0 Å². The minimum absolute atomic E-state index is 0.0137. The van der Waals surface area contributed by atoms with E-state index >= 15 is 0 Å². The molecule has 0 saturated carbocycles. The van der Waals surface area contributed by atoms with Gasteiger partial charge in [0.25, 0.3) is 15.9 Å². The molecule has 2 heterocycles. The maximum absolute atomic E-state index is 12.8. The van der Waals surface area contributed by atoms with Crippen molar-refractivity contribution in [2.24, 2.45) is 0 Å². The predicted molar refractivity (Wildman–Crippen MR) is 147 cm³/mol. The summed E-state index contributed by atoms with van der Waals surface area (Å²) in [7, 11) is -3.69. The Kier molecular flexibility index (Phi) is 7.03. The van der Waals surface area contributed by atoms with Crippen LogP contribution >= 0.6 is 11.3 Å². The van der Waals surface area contributed by atoms with Crippen LogP contribution in [0.5, 0.6) is 11.5 Å². The van der Waals surface area contributed by atoms with Crippen LogP contribution in [-0.4, -0.2) is 42.6 Å². The number of anilines is 1. The number of aromatic hydroxyl groups is 1. The number of nitrogens with zero attached hydrogens (tertiary/aromatic N) is 1. The molecule has 0 aliphatic rings. The number of carbonyl (C=O) groups excluding carboxylic acids is 1. The Morgan fingerprint density at radius 1 is 1.05 bits per heavy atom. The number of fused-ring (bicyclic) bond motifs is 1. The minimum atomic E-state index is -3.69. The van der Waals surface area contributed by atoms with Crippen molar-refractivity contribution in [2.45, 2.75) is 11.8 Å². The predicted octanol–water partition coefficient (Wildman–Crippen LogP) is 4.92. The number of rotatable bonds is 9. The Bertz CT molecular complexity index is 1680. The Morgan fingerprint density at radius 2 is 1.82 bits per heavy atom. The summed E-state index contributed by atoms with van der Waals surface area (Å²) in [6.45, 7) is 2.31. The number of H-pyrrole nitrogens is 1. The molecule has 0 radical (unpaired) electrons. The summed E-state index contributed by atoms with van der Waals surface area (Å²) in [5.41, 5.74) is 2.50. The third-order valence-electron chi connectivity index (χ3n) is 5.72. The van der Waals surface area contributed by atoms with Crippen LogP contribution < -0.4 is 14.8 Å². The molecule has 4 N–H and O–H groups in total. The van der Waals surface area contributed by atoms with Crippen LogP contribution in [0.15, 0.2) is 83.1 Å². The quantitative estimate of drug-likeness (QED) is 0.193. The van der Waals surface area contributed by atoms with Crippen molar-refractivity contribution in [3.8, 4) is 22.2 Å². The topological polar surface area (TPSA) is 133 Å². The first-order valence-electron chi connectivity index (χ1n) is 11.7. The Balaban J connectivity index is 1.16. The smallest absolute Gasteiger partial charge is 0.261 e. The molecule has 194 valence electrons. The summed E-state index contributed by atoms with van der Waals surface area (Å²) in [5, 5.41) is 14.9. The van der Waals surface area contributed by atoms with Crippen LogP contribution in [0, 0.1) is 6.92 Å². The first kappa shape index (κ1) is 25.3. The normalized spacial score (nSPS) is 11.4. The second kappa shape index (κ2) is 10.6. The van der Waals surface area contributed by atoms with Crippen molar-refractivity contribution >= 4 is 44.0 Å². The molecule has 0 aliphatic heterocycles. The number of phenolic OH excluding ortho intramolecular Hbond substituents is 1. The number of thiophene rings is 1. The number of carbonyl (C=O) groups is 1. The highest BCUT2D eigenvalue weighted by Crippen LogP contribution is 2.30. The zero-order valence-electron chi connectivity index (χ0n) is 20.3. The lowest BCUT2D eigenvalue weighted by atomic mass is 10.1. The van der Waals surface area contributed by atoms with Gasteiger partial charge in [-0.1, -0.05) is 23.8 Å². The van der Waals surface area contributed by atoms with Crippen LogP contribution in [0.1, 0.15) is 15.9 Å². The number of amides is 1. The number of benzene rings is 3. The van der Waals surface area contributed by atoms with Crippen molar-refractivity contribution in [3.63, 3.8) is 0 Å². The number of sulfonamides is 1. The second-order valence-electron chi connectivity index (χ2n) is 8.47. The van der Waals surface area contributed by atoms with Gasteiger partial charge in [-0.3, -0.25) is 9.52 Å². The van der Waals surface area contributed by atoms with E-state index in [0.717, 1.165) is 10.4 Å². The maximum atomic E-state index is 12.8. The second-order valence-corrected chi connectivity index (χ2v) is 11.1. The van der Waals surface area contributed by atoms with Gasteiger partial charge in [-0.15, -0.1) is 11.3 Å². The van der Waals surface area contributed by atoms with Gasteiger partial charge in [0.1, 0.15) is 35.0 Å². The molecule has 0 aliphatic carbocycles. The monoisotopic (exact) mass is 548 g/mol. The van der Waals surface area contributed by atoms with E-state index in [2.05, 4.69) is 20.0 Å². The zero-order chi connectivity index (χ0) is 26.7. The molecule has 5 rings (SSSR count). The minimum Gasteiger partial charge on any atom is -0.506 e. The molecule has 9 nitrogen and oxygen atoms in total.